The van der Waals surface area contributed by atoms with Crippen molar-refractivity contribution < 1.29 is 14.6 Å². The Balaban J connectivity index is 2.88. The van der Waals surface area contributed by atoms with Gasteiger partial charge in [0.2, 0.25) is 0 Å². The van der Waals surface area contributed by atoms with Gasteiger partial charge in [-0.3, -0.25) is 15.0 Å². The smallest absolute Gasteiger partial charge is 0.279 e. The fraction of sp³-hybridized carbons (Fsp3) is 0. The Labute approximate surface area is 77.4 Å². The summed E-state index contributed by atoms with van der Waals surface area (Å²) in [6.07, 6.45) is 0. The zero-order valence-corrected chi connectivity index (χ0v) is 6.75. The monoisotopic (exact) mass is 196 g/mol. The van der Waals surface area contributed by atoms with Gasteiger partial charge in [0.05, 0.1) is 10.5 Å². The van der Waals surface area contributed by atoms with E-state index in [0.29, 0.717) is 0 Å². The first-order chi connectivity index (χ1) is 6.65. The Kier molecular flexibility index (Phi) is 2.85. The zero-order valence-electron chi connectivity index (χ0n) is 6.75. The molecule has 7 nitrogen and oxygen atoms in total. The lowest BCUT2D eigenvalue weighted by Gasteiger charge is -1.94. The van der Waals surface area contributed by atoms with Gasteiger partial charge in [0, 0.05) is 12.1 Å². The molecule has 0 unspecified atom stereocenters. The van der Waals surface area contributed by atoms with E-state index in [9.17, 15) is 19.8 Å². The summed E-state index contributed by atoms with van der Waals surface area (Å²) in [5, 5.41) is 12.2. The van der Waals surface area contributed by atoms with Crippen molar-refractivity contribution in [3.63, 3.8) is 0 Å². The van der Waals surface area contributed by atoms with Crippen molar-refractivity contribution in [1.29, 1.82) is 0 Å². The van der Waals surface area contributed by atoms with Crippen molar-refractivity contribution >= 4 is 11.7 Å². The molecule has 0 bridgehead atoms. The van der Waals surface area contributed by atoms with Crippen molar-refractivity contribution in [3.8, 4) is 0 Å². The van der Waals surface area contributed by atoms with E-state index < -0.39 is 10.9 Å². The number of nitro benzene ring substituents is 1. The molecular formula is C7H4N2O5. The van der Waals surface area contributed by atoms with E-state index in [2.05, 4.69) is 4.84 Å². The highest BCUT2D eigenvalue weighted by Crippen LogP contribution is 2.12. The zero-order chi connectivity index (χ0) is 10.6. The summed E-state index contributed by atoms with van der Waals surface area (Å²) in [6, 6.07) is 4.60. The molecule has 0 heterocycles. The molecule has 0 saturated heterocycles. The third-order valence-electron chi connectivity index (χ3n) is 1.43. The highest BCUT2D eigenvalue weighted by atomic mass is 16.7. The number of hydrogen-bond acceptors (Lipinski definition) is 6. The fourth-order valence-corrected chi connectivity index (χ4v) is 0.806. The van der Waals surface area contributed by atoms with E-state index in [1.165, 1.54) is 12.1 Å². The van der Waals surface area contributed by atoms with Crippen LogP contribution in [0.1, 0.15) is 10.4 Å². The standard InChI is InChI=1S/C7H4N2O5/c10-7(14-8-11)5-1-3-6(4-2-5)9(12)13/h1-4H. The number of non-ortho nitro benzene ring substituents is 1. The first kappa shape index (κ1) is 9.78. The van der Waals surface area contributed by atoms with E-state index in [0.717, 1.165) is 12.1 Å². The summed E-state index contributed by atoms with van der Waals surface area (Å²) in [7, 11) is 0. The van der Waals surface area contributed by atoms with Crippen LogP contribution in [0.2, 0.25) is 0 Å². The van der Waals surface area contributed by atoms with E-state index in [4.69, 9.17) is 0 Å². The minimum absolute atomic E-state index is 0.0233. The largest absolute Gasteiger partial charge is 0.369 e. The predicted molar refractivity (Wildman–Crippen MR) is 44.3 cm³/mol. The second kappa shape index (κ2) is 4.08. The molecule has 0 saturated carbocycles. The molecule has 1 aromatic carbocycles. The third-order valence-corrected chi connectivity index (χ3v) is 1.43. The molecular weight excluding hydrogens is 192 g/mol. The van der Waals surface area contributed by atoms with Crippen LogP contribution in [0.5, 0.6) is 0 Å². The molecule has 0 aromatic heterocycles. The summed E-state index contributed by atoms with van der Waals surface area (Å²) >= 11 is 0. The molecule has 1 rings (SSSR count). The normalized spacial score (nSPS) is 9.14. The molecule has 0 atom stereocenters. The summed E-state index contributed by atoms with van der Waals surface area (Å²) in [6.45, 7) is 0. The average molecular weight is 196 g/mol. The second-order valence-electron chi connectivity index (χ2n) is 2.26. The maximum atomic E-state index is 10.8. The lowest BCUT2D eigenvalue weighted by Crippen LogP contribution is -2.00. The van der Waals surface area contributed by atoms with Gasteiger partial charge in [-0.2, -0.15) is 0 Å². The Bertz CT molecular complexity index is 372. The molecule has 0 aliphatic heterocycles. The van der Waals surface area contributed by atoms with Gasteiger partial charge in [0.15, 0.2) is 5.34 Å². The summed E-state index contributed by atoms with van der Waals surface area (Å²) < 4.78 is 0. The molecule has 1 aromatic rings. The minimum atomic E-state index is -0.949. The Morgan fingerprint density at radius 1 is 1.36 bits per heavy atom. The van der Waals surface area contributed by atoms with E-state index in [-0.39, 0.29) is 11.3 Å². The van der Waals surface area contributed by atoms with Crippen LogP contribution in [-0.4, -0.2) is 10.9 Å². The fourth-order valence-electron chi connectivity index (χ4n) is 0.806. The number of carbonyl (C=O) groups excluding carboxylic acids is 1. The van der Waals surface area contributed by atoms with Gasteiger partial charge < -0.3 is 0 Å². The maximum Gasteiger partial charge on any atom is 0.369 e. The van der Waals surface area contributed by atoms with Gasteiger partial charge in [-0.25, -0.2) is 4.79 Å². The maximum absolute atomic E-state index is 10.8. The van der Waals surface area contributed by atoms with Gasteiger partial charge in [-0.05, 0) is 12.1 Å². The molecule has 0 radical (unpaired) electrons. The number of nitro groups is 1. The number of nitrogens with zero attached hydrogens (tertiary/aromatic N) is 2. The third kappa shape index (κ3) is 2.09. The molecule has 0 fully saturated rings. The quantitative estimate of drug-likeness (QED) is 0.413. The SMILES string of the molecule is O=NOC(=O)c1ccc([N+](=O)[O-])cc1. The van der Waals surface area contributed by atoms with Gasteiger partial charge >= 0.3 is 5.97 Å². The van der Waals surface area contributed by atoms with Crippen LogP contribution < -0.4 is 0 Å². The predicted octanol–water partition coefficient (Wildman–Crippen LogP) is 1.43. The van der Waals surface area contributed by atoms with Gasteiger partial charge in [-0.1, -0.05) is 0 Å². The van der Waals surface area contributed by atoms with Crippen molar-refractivity contribution in [2.24, 2.45) is 5.34 Å². The number of hydrogen-bond donors (Lipinski definition) is 0. The lowest BCUT2D eigenvalue weighted by atomic mass is 10.2. The number of carbonyl (C=O) groups is 1. The highest BCUT2D eigenvalue weighted by molar-refractivity contribution is 5.89. The van der Waals surface area contributed by atoms with E-state index in [1.807, 2.05) is 5.34 Å². The topological polar surface area (TPSA) is 98.9 Å². The summed E-state index contributed by atoms with van der Waals surface area (Å²) in [4.78, 5) is 33.8. The molecule has 0 aliphatic carbocycles. The molecule has 0 spiro atoms. The van der Waals surface area contributed by atoms with Crippen molar-refractivity contribution in [2.75, 3.05) is 0 Å². The van der Waals surface area contributed by atoms with E-state index >= 15 is 0 Å². The van der Waals surface area contributed by atoms with E-state index in [1.54, 1.807) is 0 Å². The molecule has 72 valence electrons. The van der Waals surface area contributed by atoms with Gasteiger partial charge in [0.1, 0.15) is 0 Å². The van der Waals surface area contributed by atoms with Crippen LogP contribution >= 0.6 is 0 Å². The average Bonchev–Trinajstić information content (AvgIpc) is 2.18. The summed E-state index contributed by atoms with van der Waals surface area (Å²) in [5.74, 6) is -0.949. The van der Waals surface area contributed by atoms with Crippen molar-refractivity contribution in [1.82, 2.24) is 0 Å². The Morgan fingerprint density at radius 2 is 1.93 bits per heavy atom. The molecule has 0 aliphatic rings. The van der Waals surface area contributed by atoms with Gasteiger partial charge in [-0.15, -0.1) is 4.91 Å². The Morgan fingerprint density at radius 3 is 2.36 bits per heavy atom. The highest BCUT2D eigenvalue weighted by Gasteiger charge is 2.10. The van der Waals surface area contributed by atoms with Crippen LogP contribution in [-0.2, 0) is 4.84 Å². The lowest BCUT2D eigenvalue weighted by molar-refractivity contribution is -0.384. The molecule has 7 heteroatoms. The van der Waals surface area contributed by atoms with Crippen molar-refractivity contribution in [2.45, 2.75) is 0 Å². The summed E-state index contributed by atoms with van der Waals surface area (Å²) in [5.41, 5.74) is -0.129. The molecule has 14 heavy (non-hydrogen) atoms. The number of benzene rings is 1. The van der Waals surface area contributed by atoms with Crippen LogP contribution in [0, 0.1) is 15.0 Å². The first-order valence-electron chi connectivity index (χ1n) is 3.43. The van der Waals surface area contributed by atoms with Crippen LogP contribution in [0.15, 0.2) is 29.6 Å². The second-order valence-corrected chi connectivity index (χ2v) is 2.26. The van der Waals surface area contributed by atoms with Crippen LogP contribution in [0.3, 0.4) is 0 Å². The molecule has 0 amide bonds. The van der Waals surface area contributed by atoms with Crippen LogP contribution in [0.4, 0.5) is 5.69 Å². The first-order valence-corrected chi connectivity index (χ1v) is 3.43. The van der Waals surface area contributed by atoms with Crippen molar-refractivity contribution in [3.05, 3.63) is 44.9 Å². The molecule has 0 N–H and O–H groups in total. The van der Waals surface area contributed by atoms with Crippen LogP contribution in [0.25, 0.3) is 0 Å². The minimum Gasteiger partial charge on any atom is -0.279 e. The van der Waals surface area contributed by atoms with Gasteiger partial charge in [0.25, 0.3) is 5.69 Å². The number of rotatable bonds is 3. The Hall–Kier alpha value is -2.31.